The Labute approximate surface area is 313 Å². The van der Waals surface area contributed by atoms with Gasteiger partial charge in [-0.3, -0.25) is 0 Å². The van der Waals surface area contributed by atoms with Crippen LogP contribution in [0.3, 0.4) is 0 Å². The van der Waals surface area contributed by atoms with Crippen LogP contribution in [0.15, 0.2) is 146 Å². The minimum absolute atomic E-state index is 0.700. The molecule has 3 aromatic heterocycles. The van der Waals surface area contributed by atoms with Gasteiger partial charge in [0.05, 0.1) is 22.8 Å². The van der Waals surface area contributed by atoms with Crippen LogP contribution in [0.5, 0.6) is 0 Å². The maximum absolute atomic E-state index is 8.26. The summed E-state index contributed by atoms with van der Waals surface area (Å²) < 4.78 is 8.26. The Balaban J connectivity index is 0.00000102. The fourth-order valence-corrected chi connectivity index (χ4v) is 6.84. The molecule has 52 heavy (non-hydrogen) atoms. The van der Waals surface area contributed by atoms with Crippen LogP contribution in [-0.4, -0.2) is 32.2 Å². The summed E-state index contributed by atoms with van der Waals surface area (Å²) >= 11 is 0.700. The first kappa shape index (κ1) is 34.4. The maximum atomic E-state index is 8.26. The van der Waals surface area contributed by atoms with Crippen LogP contribution < -0.4 is 0 Å². The van der Waals surface area contributed by atoms with Gasteiger partial charge in [0.25, 0.3) is 0 Å². The van der Waals surface area contributed by atoms with Crippen molar-refractivity contribution in [1.29, 1.82) is 0 Å². The van der Waals surface area contributed by atoms with Crippen molar-refractivity contribution in [3.05, 3.63) is 168 Å². The Morgan fingerprint density at radius 2 is 0.615 bits per heavy atom. The average Bonchev–Trinajstić information content (AvgIpc) is 4.06. The van der Waals surface area contributed by atoms with E-state index in [0.29, 0.717) is 19.8 Å². The first-order chi connectivity index (χ1) is 25.8. The van der Waals surface area contributed by atoms with Crippen molar-refractivity contribution in [1.82, 2.24) is 19.9 Å². The zero-order valence-corrected chi connectivity index (χ0v) is 30.3. The van der Waals surface area contributed by atoms with Crippen molar-refractivity contribution in [2.45, 2.75) is 0 Å². The first-order valence-corrected chi connectivity index (χ1v) is 17.6. The van der Waals surface area contributed by atoms with Crippen molar-refractivity contribution < 1.29 is 28.3 Å². The molecule has 4 aromatic carbocycles. The zero-order chi connectivity index (χ0) is 35.9. The number of aliphatic hydroxyl groups is 1. The number of nitrogens with one attached hydrogen (secondary N) is 2. The number of aliphatic hydroxyl groups excluding tert-OH is 1. The Morgan fingerprint density at radius 1 is 0.365 bits per heavy atom. The van der Waals surface area contributed by atoms with E-state index in [2.05, 4.69) is 162 Å². The molecule has 0 amide bonds. The van der Waals surface area contributed by atoms with Crippen molar-refractivity contribution in [3.8, 4) is 44.5 Å². The molecule has 7 heteroatoms. The van der Waals surface area contributed by atoms with Gasteiger partial charge in [0.1, 0.15) is 0 Å². The molecule has 8 bridgehead atoms. The number of aromatic amines is 2. The zero-order valence-electron chi connectivity index (χ0n) is 28.3. The van der Waals surface area contributed by atoms with Crippen LogP contribution in [0.25, 0.3) is 90.9 Å². The van der Waals surface area contributed by atoms with E-state index in [1.54, 1.807) is 0 Å². The van der Waals surface area contributed by atoms with Gasteiger partial charge < -0.3 is 15.1 Å². The molecule has 0 saturated carbocycles. The molecule has 0 fully saturated rings. The van der Waals surface area contributed by atoms with E-state index in [-0.39, 0.29) is 0 Å². The molecule has 9 rings (SSSR count). The average molecular weight is 759 g/mol. The molecular formula is C45H34MoN4O2. The number of aromatic nitrogens is 4. The van der Waals surface area contributed by atoms with Gasteiger partial charge >= 0.3 is 23.2 Å². The monoisotopic (exact) mass is 760 g/mol. The molecule has 3 N–H and O–H groups in total. The predicted octanol–water partition coefficient (Wildman–Crippen LogP) is 10.8. The quantitative estimate of drug-likeness (QED) is 0.156. The molecule has 0 saturated heterocycles. The van der Waals surface area contributed by atoms with Crippen molar-refractivity contribution in [3.63, 3.8) is 0 Å². The van der Waals surface area contributed by atoms with E-state index in [1.807, 2.05) is 18.2 Å². The van der Waals surface area contributed by atoms with Crippen molar-refractivity contribution in [2.24, 2.45) is 0 Å². The first-order valence-electron chi connectivity index (χ1n) is 16.8. The molecule has 0 spiro atoms. The van der Waals surface area contributed by atoms with E-state index < -0.39 is 0 Å². The fourth-order valence-electron chi connectivity index (χ4n) is 6.84. The fraction of sp³-hybridized carbons (Fsp3) is 0.0222. The van der Waals surface area contributed by atoms with Gasteiger partial charge in [-0.15, -0.1) is 0 Å². The molecule has 0 unspecified atom stereocenters. The van der Waals surface area contributed by atoms with Gasteiger partial charge in [0.2, 0.25) is 0 Å². The predicted molar refractivity (Wildman–Crippen MR) is 209 cm³/mol. The molecule has 0 radical (unpaired) electrons. The Bertz CT molecular complexity index is 2420. The Morgan fingerprint density at radius 3 is 0.942 bits per heavy atom. The van der Waals surface area contributed by atoms with Gasteiger partial charge in [-0.05, 0) is 70.8 Å². The van der Waals surface area contributed by atoms with E-state index >= 15 is 0 Å². The second-order valence-corrected chi connectivity index (χ2v) is 12.0. The number of H-pyrrole nitrogens is 2. The normalized spacial score (nSPS) is 11.3. The standard InChI is InChI=1S/C44H30N4.CH4O.Mo.O/c1-5-13-29(14-6-1)41-33-21-23-35(45-33)42(30-15-7-2-8-16-30)37-25-27-39(47-37)44(32-19-11-4-12-20-32)40-28-26-38(48-40)43(31-17-9-3-10-18-31)36-24-22-34(41)46-36;1-2;;/h1-28,45-46H;2H,1H3;;. The van der Waals surface area contributed by atoms with Crippen LogP contribution in [0, 0.1) is 0 Å². The molecule has 0 aliphatic carbocycles. The third kappa shape index (κ3) is 6.70. The number of benzene rings is 4. The van der Waals surface area contributed by atoms with Crippen LogP contribution in [0.4, 0.5) is 0 Å². The summed E-state index contributed by atoms with van der Waals surface area (Å²) in [6.07, 6.45) is 8.50. The topological polar surface area (TPSA) is 94.7 Å². The van der Waals surface area contributed by atoms with Crippen molar-refractivity contribution >= 4 is 46.4 Å². The van der Waals surface area contributed by atoms with Gasteiger partial charge in [-0.1, -0.05) is 121 Å². The van der Waals surface area contributed by atoms with Crippen molar-refractivity contribution in [2.75, 3.05) is 7.11 Å². The second kappa shape index (κ2) is 15.9. The van der Waals surface area contributed by atoms with E-state index in [0.717, 1.165) is 96.5 Å². The van der Waals surface area contributed by atoms with E-state index in [4.69, 9.17) is 18.5 Å². The summed E-state index contributed by atoms with van der Waals surface area (Å²) in [5.74, 6) is 0. The summed E-state index contributed by atoms with van der Waals surface area (Å²) in [4.78, 5) is 18.3. The summed E-state index contributed by atoms with van der Waals surface area (Å²) in [6, 6.07) is 50.7. The molecular weight excluding hydrogens is 724 g/mol. The molecule has 7 aromatic rings. The number of nitrogens with zero attached hydrogens (tertiary/aromatic N) is 2. The molecule has 5 heterocycles. The van der Waals surface area contributed by atoms with Gasteiger partial charge in [-0.25, -0.2) is 9.97 Å². The van der Waals surface area contributed by atoms with Gasteiger partial charge in [-0.2, -0.15) is 0 Å². The van der Waals surface area contributed by atoms with Gasteiger partial charge in [0.15, 0.2) is 0 Å². The van der Waals surface area contributed by atoms with Crippen LogP contribution in [-0.2, 0) is 23.2 Å². The summed E-state index contributed by atoms with van der Waals surface area (Å²) in [7, 11) is 1.00. The third-order valence-electron chi connectivity index (χ3n) is 9.00. The number of hydrogen-bond donors (Lipinski definition) is 3. The number of hydrogen-bond acceptors (Lipinski definition) is 4. The SMILES string of the molecule is C1=Cc2nc1c(-c1ccccc1)c1nc(c(-c3ccccc3)c3ccc([nH]3)c(-c3ccccc3)c3ccc([nH]3)c2-c2ccccc2)C=C1.CO.[O]=[Mo]. The number of rotatable bonds is 4. The van der Waals surface area contributed by atoms with E-state index in [1.165, 1.54) is 0 Å². The Kier molecular flexibility index (Phi) is 10.5. The molecule has 2 aliphatic rings. The van der Waals surface area contributed by atoms with Gasteiger partial charge in [0, 0.05) is 51.4 Å². The summed E-state index contributed by atoms with van der Waals surface area (Å²) in [5.41, 5.74) is 16.2. The number of fused-ring (bicyclic) bond motifs is 8. The summed E-state index contributed by atoms with van der Waals surface area (Å²) in [6.45, 7) is 0. The molecule has 6 nitrogen and oxygen atoms in total. The summed E-state index contributed by atoms with van der Waals surface area (Å²) in [5, 5.41) is 7.00. The Hall–Kier alpha value is -6.07. The second-order valence-electron chi connectivity index (χ2n) is 12.0. The van der Waals surface area contributed by atoms with E-state index in [9.17, 15) is 0 Å². The molecule has 0 atom stereocenters. The molecule has 252 valence electrons. The van der Waals surface area contributed by atoms with Crippen LogP contribution >= 0.6 is 0 Å². The molecule has 2 aliphatic heterocycles. The van der Waals surface area contributed by atoms with Crippen LogP contribution in [0.2, 0.25) is 0 Å². The minimum atomic E-state index is 0.700. The third-order valence-corrected chi connectivity index (χ3v) is 9.00. The van der Waals surface area contributed by atoms with Crippen LogP contribution in [0.1, 0.15) is 22.8 Å².